The molecule has 0 amide bonds. The van der Waals surface area contributed by atoms with Crippen LogP contribution in [0.2, 0.25) is 0 Å². The van der Waals surface area contributed by atoms with E-state index in [1.165, 1.54) is 24.3 Å². The van der Waals surface area contributed by atoms with Crippen LogP contribution in [0.1, 0.15) is 50.4 Å². The molecule has 4 aromatic rings. The van der Waals surface area contributed by atoms with E-state index in [0.29, 0.717) is 22.5 Å². The quantitative estimate of drug-likeness (QED) is 0.0969. The van der Waals surface area contributed by atoms with E-state index in [4.69, 9.17) is 18.1 Å². The van der Waals surface area contributed by atoms with Gasteiger partial charge in [0.1, 0.15) is 0 Å². The molecule has 0 heterocycles. The Hall–Kier alpha value is -3.27. The van der Waals surface area contributed by atoms with Gasteiger partial charge in [-0.15, -0.1) is 0 Å². The Labute approximate surface area is 277 Å². The van der Waals surface area contributed by atoms with E-state index in [0.717, 1.165) is 0 Å². The lowest BCUT2D eigenvalue weighted by molar-refractivity contribution is 0.213. The Morgan fingerprint density at radius 2 is 0.809 bits per heavy atom. The van der Waals surface area contributed by atoms with E-state index in [9.17, 15) is 17.5 Å². The second-order valence-corrected chi connectivity index (χ2v) is 16.4. The van der Waals surface area contributed by atoms with Crippen LogP contribution in [-0.2, 0) is 37.1 Å². The maximum absolute atomic E-state index is 13.8. The summed E-state index contributed by atoms with van der Waals surface area (Å²) in [6, 6.07) is 30.8. The fraction of sp³-hybridized carbons (Fsp3) is 0.294. The lowest BCUT2D eigenvalue weighted by Gasteiger charge is -2.28. The number of rotatable bonds is 18. The van der Waals surface area contributed by atoms with Crippen molar-refractivity contribution < 1.29 is 35.6 Å². The highest BCUT2D eigenvalue weighted by Gasteiger charge is 2.38. The fourth-order valence-electron chi connectivity index (χ4n) is 4.97. The molecule has 0 radical (unpaired) electrons. The molecule has 0 bridgehead atoms. The minimum Gasteiger partial charge on any atom is -0.368 e. The van der Waals surface area contributed by atoms with E-state index in [2.05, 4.69) is 10.6 Å². The number of sulfone groups is 1. The van der Waals surface area contributed by atoms with Crippen LogP contribution in [0.15, 0.2) is 119 Å². The fourth-order valence-corrected chi connectivity index (χ4v) is 10.1. The number of nitrogens with one attached hydrogen (secondary N) is 2. The molecular weight excluding hydrogens is 658 g/mol. The van der Waals surface area contributed by atoms with Gasteiger partial charge in [-0.1, -0.05) is 60.7 Å². The topological polar surface area (TPSA) is 129 Å². The Balaban J connectivity index is 1.57. The van der Waals surface area contributed by atoms with Crippen molar-refractivity contribution in [3.8, 4) is 0 Å². The second-order valence-electron chi connectivity index (χ2n) is 10.2. The molecule has 2 N–H and O–H groups in total. The summed E-state index contributed by atoms with van der Waals surface area (Å²) in [5.41, 5.74) is 2.49. The second kappa shape index (κ2) is 16.7. The molecule has 252 valence electrons. The van der Waals surface area contributed by atoms with Gasteiger partial charge in [-0.2, -0.15) is 0 Å². The minimum atomic E-state index is -3.89. The molecular formula is C34H42N2O8P2S. The van der Waals surface area contributed by atoms with Crippen molar-refractivity contribution in [1.29, 1.82) is 0 Å². The number of hydrogen-bond donors (Lipinski definition) is 2. The van der Waals surface area contributed by atoms with Crippen LogP contribution in [0.3, 0.4) is 0 Å². The Morgan fingerprint density at radius 1 is 0.511 bits per heavy atom. The average molecular weight is 701 g/mol. The van der Waals surface area contributed by atoms with Crippen LogP contribution < -0.4 is 10.6 Å². The monoisotopic (exact) mass is 700 g/mol. The molecule has 0 spiro atoms. The van der Waals surface area contributed by atoms with Gasteiger partial charge in [0.2, 0.25) is 9.84 Å². The standard InChI is InChI=1S/C34H42N2O8P2S/c1-5-41-45(37,42-6-2)33(27-15-11-9-12-16-27)35-29-19-23-31(24-20-29)47(39,40)32-25-21-30(22-26-32)36-34(28-17-13-10-14-18-28)46(38,43-7-3)44-8-4/h9-26,33-36H,5-8H2,1-4H3. The third-order valence-corrected chi connectivity index (χ3v) is 13.4. The van der Waals surface area contributed by atoms with Crippen LogP contribution in [0.25, 0.3) is 0 Å². The first kappa shape index (κ1) is 36.6. The average Bonchev–Trinajstić information content (AvgIpc) is 3.07. The molecule has 2 unspecified atom stereocenters. The molecule has 4 aromatic carbocycles. The highest BCUT2D eigenvalue weighted by atomic mass is 32.2. The van der Waals surface area contributed by atoms with E-state index in [1.54, 1.807) is 52.0 Å². The predicted octanol–water partition coefficient (Wildman–Crippen LogP) is 9.27. The Morgan fingerprint density at radius 3 is 1.09 bits per heavy atom. The largest absolute Gasteiger partial charge is 0.368 e. The maximum atomic E-state index is 13.8. The maximum Gasteiger partial charge on any atom is 0.357 e. The van der Waals surface area contributed by atoms with E-state index in [1.807, 2.05) is 60.7 Å². The number of anilines is 2. The van der Waals surface area contributed by atoms with Crippen LogP contribution in [0.5, 0.6) is 0 Å². The van der Waals surface area contributed by atoms with Crippen molar-refractivity contribution >= 4 is 36.4 Å². The van der Waals surface area contributed by atoms with E-state index in [-0.39, 0.29) is 36.2 Å². The summed E-state index contributed by atoms with van der Waals surface area (Å²) in [6.45, 7) is 7.77. The first-order valence-corrected chi connectivity index (χ1v) is 20.2. The summed E-state index contributed by atoms with van der Waals surface area (Å²) < 4.78 is 77.3. The zero-order valence-corrected chi connectivity index (χ0v) is 29.5. The van der Waals surface area contributed by atoms with Gasteiger partial charge < -0.3 is 28.7 Å². The van der Waals surface area contributed by atoms with Crippen LogP contribution >= 0.6 is 15.2 Å². The lowest BCUT2D eigenvalue weighted by atomic mass is 10.2. The molecule has 10 nitrogen and oxygen atoms in total. The van der Waals surface area contributed by atoms with Crippen LogP contribution in [0, 0.1) is 0 Å². The van der Waals surface area contributed by atoms with Crippen molar-refractivity contribution in [2.24, 2.45) is 0 Å². The molecule has 47 heavy (non-hydrogen) atoms. The molecule has 0 aliphatic heterocycles. The van der Waals surface area contributed by atoms with Crippen molar-refractivity contribution in [2.45, 2.75) is 49.1 Å². The third-order valence-electron chi connectivity index (χ3n) is 7.04. The zero-order chi connectivity index (χ0) is 33.9. The molecule has 0 aromatic heterocycles. The zero-order valence-electron chi connectivity index (χ0n) is 26.9. The number of benzene rings is 4. The molecule has 0 aliphatic carbocycles. The van der Waals surface area contributed by atoms with Crippen molar-refractivity contribution in [1.82, 2.24) is 0 Å². The summed E-state index contributed by atoms with van der Waals surface area (Å²) in [6.07, 6.45) is 0. The Bertz CT molecular complexity index is 1610. The highest BCUT2D eigenvalue weighted by molar-refractivity contribution is 7.91. The minimum absolute atomic E-state index is 0.0807. The molecule has 13 heteroatoms. The molecule has 0 aliphatic rings. The van der Waals surface area contributed by atoms with Crippen molar-refractivity contribution in [3.05, 3.63) is 120 Å². The van der Waals surface area contributed by atoms with E-state index >= 15 is 0 Å². The molecule has 2 atom stereocenters. The van der Waals surface area contributed by atoms with Gasteiger partial charge >= 0.3 is 15.2 Å². The summed E-state index contributed by atoms with van der Waals surface area (Å²) in [5.74, 6) is -1.63. The molecule has 0 saturated heterocycles. The summed E-state index contributed by atoms with van der Waals surface area (Å²) in [7, 11) is -11.2. The first-order chi connectivity index (χ1) is 22.6. The normalized spacial score (nSPS) is 13.5. The van der Waals surface area contributed by atoms with Gasteiger partial charge in [-0.25, -0.2) is 8.42 Å². The number of hydrogen-bond acceptors (Lipinski definition) is 10. The van der Waals surface area contributed by atoms with E-state index < -0.39 is 36.6 Å². The van der Waals surface area contributed by atoms with Crippen molar-refractivity contribution in [3.63, 3.8) is 0 Å². The van der Waals surface area contributed by atoms with Gasteiger partial charge in [-0.05, 0) is 87.4 Å². The van der Waals surface area contributed by atoms with Gasteiger partial charge in [0.05, 0.1) is 36.2 Å². The summed E-state index contributed by atoms with van der Waals surface area (Å²) in [4.78, 5) is 0.161. The van der Waals surface area contributed by atoms with Crippen LogP contribution in [-0.4, -0.2) is 34.8 Å². The van der Waals surface area contributed by atoms with Gasteiger partial charge in [0.15, 0.2) is 11.6 Å². The summed E-state index contributed by atoms with van der Waals surface area (Å²) >= 11 is 0. The summed E-state index contributed by atoms with van der Waals surface area (Å²) in [5, 5.41) is 6.47. The molecule has 4 rings (SSSR count). The SMILES string of the molecule is CCOP(=O)(OCC)C(Nc1ccc(S(=O)(=O)c2ccc(NC(c3ccccc3)P(=O)(OCC)OCC)cc2)cc1)c1ccccc1. The molecule has 0 fully saturated rings. The van der Waals surface area contributed by atoms with Crippen molar-refractivity contribution in [2.75, 3.05) is 37.1 Å². The smallest absolute Gasteiger partial charge is 0.357 e. The van der Waals surface area contributed by atoms with Crippen LogP contribution in [0.4, 0.5) is 11.4 Å². The van der Waals surface area contributed by atoms with Gasteiger partial charge in [0, 0.05) is 11.4 Å². The molecule has 0 saturated carbocycles. The lowest BCUT2D eigenvalue weighted by Crippen LogP contribution is -2.15. The van der Waals surface area contributed by atoms with Gasteiger partial charge in [0.25, 0.3) is 0 Å². The predicted molar refractivity (Wildman–Crippen MR) is 186 cm³/mol. The third kappa shape index (κ3) is 9.00. The Kier molecular flexibility index (Phi) is 13.0. The van der Waals surface area contributed by atoms with Gasteiger partial charge in [-0.3, -0.25) is 9.13 Å². The first-order valence-electron chi connectivity index (χ1n) is 15.5. The highest BCUT2D eigenvalue weighted by Crippen LogP contribution is 2.61.